The van der Waals surface area contributed by atoms with Gasteiger partial charge in [-0.3, -0.25) is 13.9 Å². The monoisotopic (exact) mass is 288 g/mol. The highest BCUT2D eigenvalue weighted by Gasteiger charge is 2.14. The number of hydrogen-bond donors (Lipinski definition) is 2. The number of fused-ring (bicyclic) bond motifs is 1. The summed E-state index contributed by atoms with van der Waals surface area (Å²) in [5, 5.41) is 9.21. The molecule has 0 aliphatic rings. The maximum Gasteiger partial charge on any atom is 0.332 e. The highest BCUT2D eigenvalue weighted by atomic mass is 16.5. The molecule has 3 rings (SSSR count). The van der Waals surface area contributed by atoms with Crippen LogP contribution in [0, 0.1) is 0 Å². The highest BCUT2D eigenvalue weighted by Crippen LogP contribution is 2.22. The van der Waals surface area contributed by atoms with Crippen LogP contribution < -0.4 is 16.0 Å². The molecular weight excluding hydrogens is 276 g/mol. The van der Waals surface area contributed by atoms with Crippen molar-refractivity contribution in [3.8, 4) is 17.5 Å². The Morgan fingerprint density at radius 1 is 1.14 bits per heavy atom. The van der Waals surface area contributed by atoms with Gasteiger partial charge in [0.25, 0.3) is 5.56 Å². The molecule has 0 radical (unpaired) electrons. The average Bonchev–Trinajstić information content (AvgIpc) is 2.89. The molecule has 0 bridgehead atoms. The maximum absolute atomic E-state index is 12.0. The fraction of sp³-hybridized carbons (Fsp3) is 0.154. The van der Waals surface area contributed by atoms with Crippen LogP contribution in [0.4, 0.5) is 0 Å². The third-order valence-corrected chi connectivity index (χ3v) is 3.12. The Labute approximate surface area is 117 Å². The molecule has 21 heavy (non-hydrogen) atoms. The van der Waals surface area contributed by atoms with Crippen molar-refractivity contribution in [1.29, 1.82) is 0 Å². The molecule has 0 unspecified atom stereocenters. The van der Waals surface area contributed by atoms with E-state index in [2.05, 4.69) is 9.97 Å². The SMILES string of the molecule is Cn1c(=O)c2[nH]c(Oc3ccc(O)cc3)nc2n(C)c1=O. The molecule has 3 aromatic rings. The Morgan fingerprint density at radius 3 is 2.48 bits per heavy atom. The van der Waals surface area contributed by atoms with Crippen molar-refractivity contribution in [2.24, 2.45) is 14.1 Å². The third-order valence-electron chi connectivity index (χ3n) is 3.12. The molecule has 8 nitrogen and oxygen atoms in total. The minimum Gasteiger partial charge on any atom is -0.508 e. The standard InChI is InChI=1S/C13H12N4O4/c1-16-10-9(11(19)17(2)13(16)20)14-12(15-10)21-8-5-3-7(18)4-6-8/h3-6,18H,1-2H3,(H,14,15). The summed E-state index contributed by atoms with van der Waals surface area (Å²) in [4.78, 5) is 30.7. The second-order valence-corrected chi connectivity index (χ2v) is 4.54. The van der Waals surface area contributed by atoms with Crippen molar-refractivity contribution in [1.82, 2.24) is 19.1 Å². The van der Waals surface area contributed by atoms with Gasteiger partial charge in [0, 0.05) is 14.1 Å². The van der Waals surface area contributed by atoms with Gasteiger partial charge in [-0.05, 0) is 24.3 Å². The zero-order chi connectivity index (χ0) is 15.1. The summed E-state index contributed by atoms with van der Waals surface area (Å²) >= 11 is 0. The van der Waals surface area contributed by atoms with Gasteiger partial charge in [0.1, 0.15) is 11.5 Å². The van der Waals surface area contributed by atoms with Crippen molar-refractivity contribution < 1.29 is 9.84 Å². The van der Waals surface area contributed by atoms with Gasteiger partial charge in [-0.25, -0.2) is 4.79 Å². The van der Waals surface area contributed by atoms with E-state index in [1.807, 2.05) is 0 Å². The molecule has 0 spiro atoms. The summed E-state index contributed by atoms with van der Waals surface area (Å²) in [5.41, 5.74) is -0.526. The molecule has 8 heteroatoms. The molecule has 2 aromatic heterocycles. The predicted molar refractivity (Wildman–Crippen MR) is 74.8 cm³/mol. The minimum atomic E-state index is -0.471. The number of H-pyrrole nitrogens is 1. The number of ether oxygens (including phenoxy) is 1. The second-order valence-electron chi connectivity index (χ2n) is 4.54. The normalized spacial score (nSPS) is 11.0. The topological polar surface area (TPSA) is 102 Å². The number of aromatic amines is 1. The Kier molecular flexibility index (Phi) is 2.79. The van der Waals surface area contributed by atoms with E-state index < -0.39 is 11.2 Å². The van der Waals surface area contributed by atoms with Crippen molar-refractivity contribution in [2.75, 3.05) is 0 Å². The number of nitrogens with one attached hydrogen (secondary N) is 1. The number of aromatic hydroxyl groups is 1. The number of imidazole rings is 1. The number of rotatable bonds is 2. The third kappa shape index (κ3) is 2.06. The largest absolute Gasteiger partial charge is 0.508 e. The summed E-state index contributed by atoms with van der Waals surface area (Å²) in [6.45, 7) is 0. The maximum atomic E-state index is 12.0. The van der Waals surface area contributed by atoms with Crippen molar-refractivity contribution >= 4 is 11.2 Å². The summed E-state index contributed by atoms with van der Waals surface area (Å²) in [6.07, 6.45) is 0. The quantitative estimate of drug-likeness (QED) is 0.713. The lowest BCUT2D eigenvalue weighted by Crippen LogP contribution is -2.36. The summed E-state index contributed by atoms with van der Waals surface area (Å²) in [7, 11) is 2.92. The van der Waals surface area contributed by atoms with Gasteiger partial charge in [-0.15, -0.1) is 0 Å². The molecular formula is C13H12N4O4. The molecule has 0 saturated carbocycles. The average molecular weight is 288 g/mol. The molecule has 1 aromatic carbocycles. The van der Waals surface area contributed by atoms with E-state index in [0.717, 1.165) is 4.57 Å². The first-order valence-electron chi connectivity index (χ1n) is 6.10. The highest BCUT2D eigenvalue weighted by molar-refractivity contribution is 5.70. The van der Waals surface area contributed by atoms with Crippen LogP contribution in [-0.4, -0.2) is 24.2 Å². The van der Waals surface area contributed by atoms with Gasteiger partial charge < -0.3 is 14.8 Å². The van der Waals surface area contributed by atoms with Gasteiger partial charge in [0.2, 0.25) is 0 Å². The van der Waals surface area contributed by atoms with Crippen LogP contribution in [0.3, 0.4) is 0 Å². The number of phenolic OH excluding ortho intramolecular Hbond substituents is 1. The van der Waals surface area contributed by atoms with Gasteiger partial charge >= 0.3 is 11.7 Å². The Morgan fingerprint density at radius 2 is 1.81 bits per heavy atom. The van der Waals surface area contributed by atoms with Crippen LogP contribution in [0.15, 0.2) is 33.9 Å². The first-order valence-corrected chi connectivity index (χ1v) is 6.10. The number of benzene rings is 1. The van der Waals surface area contributed by atoms with Crippen molar-refractivity contribution in [3.63, 3.8) is 0 Å². The van der Waals surface area contributed by atoms with E-state index in [0.29, 0.717) is 5.75 Å². The summed E-state index contributed by atoms with van der Waals surface area (Å²) in [6, 6.07) is 6.13. The molecule has 0 aliphatic heterocycles. The van der Waals surface area contributed by atoms with Crippen LogP contribution in [0.25, 0.3) is 11.2 Å². The smallest absolute Gasteiger partial charge is 0.332 e. The van der Waals surface area contributed by atoms with Crippen LogP contribution in [0.1, 0.15) is 0 Å². The van der Waals surface area contributed by atoms with Crippen molar-refractivity contribution in [2.45, 2.75) is 0 Å². The van der Waals surface area contributed by atoms with Gasteiger partial charge in [-0.1, -0.05) is 0 Å². The van der Waals surface area contributed by atoms with E-state index in [4.69, 9.17) is 4.74 Å². The number of nitrogens with zero attached hydrogens (tertiary/aromatic N) is 3. The van der Waals surface area contributed by atoms with E-state index in [-0.39, 0.29) is 22.9 Å². The Hall–Kier alpha value is -3.03. The zero-order valence-electron chi connectivity index (χ0n) is 11.3. The molecule has 0 fully saturated rings. The number of aryl methyl sites for hydroxylation is 1. The summed E-state index contributed by atoms with van der Waals surface area (Å²) < 4.78 is 7.72. The lowest BCUT2D eigenvalue weighted by molar-refractivity contribution is 0.443. The van der Waals surface area contributed by atoms with Gasteiger partial charge in [0.15, 0.2) is 11.2 Å². The van der Waals surface area contributed by atoms with Crippen LogP contribution in [-0.2, 0) is 14.1 Å². The number of hydrogen-bond acceptors (Lipinski definition) is 5. The first-order chi connectivity index (χ1) is 9.97. The molecule has 0 saturated heterocycles. The fourth-order valence-electron chi connectivity index (χ4n) is 1.98. The number of aromatic nitrogens is 4. The van der Waals surface area contributed by atoms with Crippen LogP contribution >= 0.6 is 0 Å². The van der Waals surface area contributed by atoms with Crippen molar-refractivity contribution in [3.05, 3.63) is 45.1 Å². The van der Waals surface area contributed by atoms with Gasteiger partial charge in [-0.2, -0.15) is 4.98 Å². The van der Waals surface area contributed by atoms with E-state index >= 15 is 0 Å². The van der Waals surface area contributed by atoms with Crippen LogP contribution in [0.5, 0.6) is 17.5 Å². The van der Waals surface area contributed by atoms with Gasteiger partial charge in [0.05, 0.1) is 0 Å². The molecule has 2 N–H and O–H groups in total. The first kappa shape index (κ1) is 13.0. The van der Waals surface area contributed by atoms with E-state index in [1.165, 1.54) is 30.8 Å². The molecule has 0 amide bonds. The Balaban J connectivity index is 2.12. The summed E-state index contributed by atoms with van der Waals surface area (Å²) in [5.74, 6) is 0.553. The lowest BCUT2D eigenvalue weighted by atomic mass is 10.3. The second kappa shape index (κ2) is 4.51. The lowest BCUT2D eigenvalue weighted by Gasteiger charge is -2.00. The molecule has 0 aliphatic carbocycles. The van der Waals surface area contributed by atoms with E-state index in [9.17, 15) is 14.7 Å². The fourth-order valence-corrected chi connectivity index (χ4v) is 1.98. The Bertz CT molecular complexity index is 934. The zero-order valence-corrected chi connectivity index (χ0v) is 11.3. The van der Waals surface area contributed by atoms with Crippen LogP contribution in [0.2, 0.25) is 0 Å². The molecule has 0 atom stereocenters. The molecule has 2 heterocycles. The molecule has 108 valence electrons. The minimum absolute atomic E-state index is 0.0917. The van der Waals surface area contributed by atoms with E-state index in [1.54, 1.807) is 12.1 Å². The predicted octanol–water partition coefficient (Wildman–Crippen LogP) is 0.458. The number of phenols is 1.